The first-order chi connectivity index (χ1) is 9.93. The van der Waals surface area contributed by atoms with Crippen molar-refractivity contribution in [2.75, 3.05) is 7.11 Å². The van der Waals surface area contributed by atoms with Crippen molar-refractivity contribution in [1.29, 1.82) is 0 Å². The second-order valence-corrected chi connectivity index (χ2v) is 4.50. The first kappa shape index (κ1) is 14.6. The molecular formula is C15H14N2O4. The summed E-state index contributed by atoms with van der Waals surface area (Å²) < 4.78 is 5.22. The lowest BCUT2D eigenvalue weighted by Crippen LogP contribution is -2.04. The quantitative estimate of drug-likeness (QED) is 0.868. The summed E-state index contributed by atoms with van der Waals surface area (Å²) >= 11 is 0. The summed E-state index contributed by atoms with van der Waals surface area (Å²) in [7, 11) is 1.46. The van der Waals surface area contributed by atoms with Gasteiger partial charge in [-0.3, -0.25) is 9.78 Å². The number of rotatable bonds is 4. The number of pyridine rings is 2. The van der Waals surface area contributed by atoms with E-state index in [-0.39, 0.29) is 17.0 Å². The third-order valence-corrected chi connectivity index (χ3v) is 3.01. The Bertz CT molecular complexity index is 726. The molecule has 0 fully saturated rings. The molecule has 0 aliphatic heterocycles. The van der Waals surface area contributed by atoms with Gasteiger partial charge in [-0.1, -0.05) is 0 Å². The van der Waals surface area contributed by atoms with Crippen molar-refractivity contribution in [2.45, 2.75) is 13.8 Å². The summed E-state index contributed by atoms with van der Waals surface area (Å²) in [6.45, 7) is 3.16. The van der Waals surface area contributed by atoms with E-state index in [1.54, 1.807) is 13.0 Å². The van der Waals surface area contributed by atoms with Crippen LogP contribution in [-0.2, 0) is 0 Å². The zero-order valence-electron chi connectivity index (χ0n) is 11.9. The van der Waals surface area contributed by atoms with Gasteiger partial charge in [0.1, 0.15) is 11.4 Å². The molecule has 108 valence electrons. The molecular weight excluding hydrogens is 272 g/mol. The van der Waals surface area contributed by atoms with Gasteiger partial charge in [0.05, 0.1) is 18.9 Å². The Labute approximate surface area is 121 Å². The largest absolute Gasteiger partial charge is 0.494 e. The average molecular weight is 286 g/mol. The lowest BCUT2D eigenvalue weighted by atomic mass is 9.99. The highest BCUT2D eigenvalue weighted by Gasteiger charge is 2.18. The molecule has 0 unspecified atom stereocenters. The second-order valence-electron chi connectivity index (χ2n) is 4.50. The number of Topliss-reactive ketones (excluding diaryl/α,β-unsaturated/α-hetero) is 1. The van der Waals surface area contributed by atoms with Gasteiger partial charge in [-0.2, -0.15) is 0 Å². The van der Waals surface area contributed by atoms with Gasteiger partial charge in [-0.15, -0.1) is 0 Å². The van der Waals surface area contributed by atoms with Crippen LogP contribution in [0.2, 0.25) is 0 Å². The molecule has 2 aromatic heterocycles. The third kappa shape index (κ3) is 2.89. The molecule has 0 radical (unpaired) electrons. The number of ketones is 1. The minimum atomic E-state index is -1.10. The van der Waals surface area contributed by atoms with Gasteiger partial charge in [-0.05, 0) is 19.1 Å². The number of methoxy groups -OCH3 is 1. The van der Waals surface area contributed by atoms with Crippen LogP contribution in [0, 0.1) is 6.92 Å². The minimum Gasteiger partial charge on any atom is -0.494 e. The van der Waals surface area contributed by atoms with Crippen molar-refractivity contribution >= 4 is 11.8 Å². The average Bonchev–Trinajstić information content (AvgIpc) is 2.46. The fraction of sp³-hybridized carbons (Fsp3) is 0.200. The van der Waals surface area contributed by atoms with Crippen LogP contribution in [0.15, 0.2) is 24.5 Å². The molecule has 0 bridgehead atoms. The van der Waals surface area contributed by atoms with Gasteiger partial charge in [-0.25, -0.2) is 9.78 Å². The summed E-state index contributed by atoms with van der Waals surface area (Å²) in [5, 5.41) is 9.30. The van der Waals surface area contributed by atoms with E-state index in [4.69, 9.17) is 4.74 Å². The Morgan fingerprint density at radius 1 is 1.14 bits per heavy atom. The number of carbonyl (C=O) groups is 2. The van der Waals surface area contributed by atoms with Crippen LogP contribution in [0.1, 0.15) is 33.5 Å². The highest BCUT2D eigenvalue weighted by molar-refractivity contribution is 5.98. The number of carboxylic acid groups (broad SMARTS) is 1. The molecule has 0 amide bonds. The zero-order valence-corrected chi connectivity index (χ0v) is 11.9. The predicted octanol–water partition coefficient (Wildman–Crippen LogP) is 2.36. The van der Waals surface area contributed by atoms with Crippen molar-refractivity contribution in [3.63, 3.8) is 0 Å². The maximum atomic E-state index is 11.5. The molecule has 2 heterocycles. The summed E-state index contributed by atoms with van der Waals surface area (Å²) in [6, 6.07) is 3.17. The predicted molar refractivity (Wildman–Crippen MR) is 75.7 cm³/mol. The number of carboxylic acids is 1. The van der Waals surface area contributed by atoms with Crippen molar-refractivity contribution in [2.24, 2.45) is 0 Å². The van der Waals surface area contributed by atoms with Gasteiger partial charge in [0.15, 0.2) is 5.78 Å². The number of nitrogens with zero attached hydrogens (tertiary/aromatic N) is 2. The molecule has 0 spiro atoms. The second kappa shape index (κ2) is 5.70. The van der Waals surface area contributed by atoms with Gasteiger partial charge < -0.3 is 9.84 Å². The van der Waals surface area contributed by atoms with Crippen molar-refractivity contribution < 1.29 is 19.4 Å². The van der Waals surface area contributed by atoms with Crippen LogP contribution in [0.3, 0.4) is 0 Å². The lowest BCUT2D eigenvalue weighted by Gasteiger charge is -2.12. The number of hydrogen-bond donors (Lipinski definition) is 1. The molecule has 2 rings (SSSR count). The van der Waals surface area contributed by atoms with Crippen LogP contribution in [0.5, 0.6) is 5.75 Å². The first-order valence-corrected chi connectivity index (χ1v) is 6.19. The molecule has 0 aliphatic carbocycles. The molecule has 0 aromatic carbocycles. The van der Waals surface area contributed by atoms with Crippen LogP contribution in [-0.4, -0.2) is 33.9 Å². The summed E-state index contributed by atoms with van der Waals surface area (Å²) in [5.41, 5.74) is 1.90. The maximum Gasteiger partial charge on any atom is 0.337 e. The highest BCUT2D eigenvalue weighted by Crippen LogP contribution is 2.32. The van der Waals surface area contributed by atoms with E-state index >= 15 is 0 Å². The van der Waals surface area contributed by atoms with Crippen LogP contribution in [0.4, 0.5) is 0 Å². The van der Waals surface area contributed by atoms with E-state index in [0.717, 1.165) is 0 Å². The molecule has 2 aromatic rings. The fourth-order valence-electron chi connectivity index (χ4n) is 1.96. The van der Waals surface area contributed by atoms with Crippen molar-refractivity contribution in [1.82, 2.24) is 9.97 Å². The molecule has 0 aliphatic rings. The first-order valence-electron chi connectivity index (χ1n) is 6.19. The smallest absolute Gasteiger partial charge is 0.337 e. The lowest BCUT2D eigenvalue weighted by molar-refractivity contribution is 0.0697. The third-order valence-electron chi connectivity index (χ3n) is 3.01. The van der Waals surface area contributed by atoms with E-state index < -0.39 is 5.97 Å². The van der Waals surface area contributed by atoms with Crippen molar-refractivity contribution in [3.8, 4) is 16.9 Å². The van der Waals surface area contributed by atoms with Gasteiger partial charge in [0, 0.05) is 29.9 Å². The molecule has 0 saturated carbocycles. The number of carbonyl (C=O) groups excluding carboxylic acids is 1. The van der Waals surface area contributed by atoms with Gasteiger partial charge >= 0.3 is 5.97 Å². The van der Waals surface area contributed by atoms with Crippen molar-refractivity contribution in [3.05, 3.63) is 41.5 Å². The Hall–Kier alpha value is -2.76. The monoisotopic (exact) mass is 286 g/mol. The number of aromatic nitrogens is 2. The Kier molecular flexibility index (Phi) is 3.98. The maximum absolute atomic E-state index is 11.5. The molecule has 21 heavy (non-hydrogen) atoms. The highest BCUT2D eigenvalue weighted by atomic mass is 16.5. The number of aromatic carboxylic acids is 1. The van der Waals surface area contributed by atoms with Crippen LogP contribution < -0.4 is 4.74 Å². The normalized spacial score (nSPS) is 10.2. The number of ether oxygens (including phenoxy) is 1. The molecule has 0 saturated heterocycles. The fourth-order valence-corrected chi connectivity index (χ4v) is 1.96. The van der Waals surface area contributed by atoms with Gasteiger partial charge in [0.2, 0.25) is 0 Å². The Balaban J connectivity index is 2.75. The van der Waals surface area contributed by atoms with Crippen LogP contribution >= 0.6 is 0 Å². The summed E-state index contributed by atoms with van der Waals surface area (Å²) in [6.07, 6.45) is 2.70. The summed E-state index contributed by atoms with van der Waals surface area (Å²) in [4.78, 5) is 30.8. The van der Waals surface area contributed by atoms with E-state index in [0.29, 0.717) is 22.6 Å². The van der Waals surface area contributed by atoms with E-state index in [1.165, 1.54) is 32.5 Å². The van der Waals surface area contributed by atoms with E-state index in [1.807, 2.05) is 0 Å². The Morgan fingerprint density at radius 2 is 1.86 bits per heavy atom. The van der Waals surface area contributed by atoms with E-state index in [9.17, 15) is 14.7 Å². The molecule has 0 atom stereocenters. The van der Waals surface area contributed by atoms with E-state index in [2.05, 4.69) is 9.97 Å². The SMILES string of the molecule is COc1cnc(C(C)=O)cc1-c1cc(C)ncc1C(=O)O. The minimum absolute atomic E-state index is 0.0413. The standard InChI is InChI=1S/C15H14N2O4/c1-8-4-10(12(6-16-8)15(19)20)11-5-13(9(2)18)17-7-14(11)21-3/h4-7H,1-3H3,(H,19,20). The molecule has 6 nitrogen and oxygen atoms in total. The molecule has 6 heteroatoms. The van der Waals surface area contributed by atoms with Gasteiger partial charge in [0.25, 0.3) is 0 Å². The number of hydrogen-bond acceptors (Lipinski definition) is 5. The molecule has 1 N–H and O–H groups in total. The summed E-state index contributed by atoms with van der Waals surface area (Å²) in [5.74, 6) is -0.907. The zero-order chi connectivity index (χ0) is 15.6. The topological polar surface area (TPSA) is 89.4 Å². The van der Waals surface area contributed by atoms with Crippen LogP contribution in [0.25, 0.3) is 11.1 Å². The number of aryl methyl sites for hydroxylation is 1. The Morgan fingerprint density at radius 3 is 2.43 bits per heavy atom.